The van der Waals surface area contributed by atoms with Gasteiger partial charge in [-0.2, -0.15) is 5.10 Å². The number of nitrogens with one attached hydrogen (secondary N) is 1. The topological polar surface area (TPSA) is 78.4 Å². The van der Waals surface area contributed by atoms with Crippen molar-refractivity contribution in [1.82, 2.24) is 5.43 Å². The van der Waals surface area contributed by atoms with Crippen molar-refractivity contribution in [3.05, 3.63) is 94.0 Å². The predicted molar refractivity (Wildman–Crippen MR) is 145 cm³/mol. The van der Waals surface area contributed by atoms with E-state index in [0.717, 1.165) is 5.56 Å². The molecule has 7 nitrogen and oxygen atoms in total. The molecule has 1 amide bonds. The summed E-state index contributed by atoms with van der Waals surface area (Å²) in [5.74, 6) is 1.76. The van der Waals surface area contributed by atoms with E-state index >= 15 is 0 Å². The second-order valence-corrected chi connectivity index (χ2v) is 8.56. The van der Waals surface area contributed by atoms with Crippen molar-refractivity contribution in [2.24, 2.45) is 5.10 Å². The van der Waals surface area contributed by atoms with Gasteiger partial charge in [-0.1, -0.05) is 42.5 Å². The highest BCUT2D eigenvalue weighted by atomic mass is 79.9. The number of amides is 1. The van der Waals surface area contributed by atoms with Crippen LogP contribution >= 0.6 is 15.9 Å². The van der Waals surface area contributed by atoms with Crippen LogP contribution in [-0.4, -0.2) is 32.4 Å². The van der Waals surface area contributed by atoms with Gasteiger partial charge in [0.1, 0.15) is 13.2 Å². The number of rotatable bonds is 12. The molecule has 0 spiro atoms. The van der Waals surface area contributed by atoms with Crippen molar-refractivity contribution < 1.29 is 23.7 Å². The summed E-state index contributed by atoms with van der Waals surface area (Å²) >= 11 is 3.54. The Morgan fingerprint density at radius 3 is 2.50 bits per heavy atom. The van der Waals surface area contributed by atoms with E-state index < -0.39 is 0 Å². The molecule has 0 aliphatic carbocycles. The highest BCUT2D eigenvalue weighted by molar-refractivity contribution is 9.10. The fourth-order valence-corrected chi connectivity index (χ4v) is 3.78. The van der Waals surface area contributed by atoms with Gasteiger partial charge < -0.3 is 18.9 Å². The van der Waals surface area contributed by atoms with Gasteiger partial charge in [0, 0.05) is 5.56 Å². The van der Waals surface area contributed by atoms with Crippen molar-refractivity contribution >= 4 is 28.1 Å². The number of carbonyl (C=O) groups is 1. The molecule has 3 aromatic rings. The lowest BCUT2D eigenvalue weighted by Gasteiger charge is -2.14. The van der Waals surface area contributed by atoms with Gasteiger partial charge in [-0.15, -0.1) is 0 Å². The van der Waals surface area contributed by atoms with E-state index in [4.69, 9.17) is 18.9 Å². The van der Waals surface area contributed by atoms with E-state index in [2.05, 4.69) is 33.0 Å². The Hall–Kier alpha value is -3.78. The Kier molecular flexibility index (Phi) is 9.94. The predicted octanol–water partition coefficient (Wildman–Crippen LogP) is 6.07. The lowest BCUT2D eigenvalue weighted by molar-refractivity contribution is 0.0954. The maximum atomic E-state index is 12.6. The van der Waals surface area contributed by atoms with Gasteiger partial charge >= 0.3 is 0 Å². The van der Waals surface area contributed by atoms with Gasteiger partial charge in [0.15, 0.2) is 23.0 Å². The molecular weight excluding hydrogens is 524 g/mol. The van der Waals surface area contributed by atoms with Gasteiger partial charge in [-0.3, -0.25) is 4.79 Å². The number of halogens is 1. The third-order valence-corrected chi connectivity index (χ3v) is 5.59. The van der Waals surface area contributed by atoms with Gasteiger partial charge in [-0.25, -0.2) is 5.43 Å². The quantitative estimate of drug-likeness (QED) is 0.167. The molecule has 3 rings (SSSR count). The molecule has 0 bridgehead atoms. The Labute approximate surface area is 219 Å². The molecule has 0 heterocycles. The zero-order valence-electron chi connectivity index (χ0n) is 20.5. The zero-order chi connectivity index (χ0) is 25.9. The van der Waals surface area contributed by atoms with Crippen LogP contribution in [0.2, 0.25) is 0 Å². The first-order valence-electron chi connectivity index (χ1n) is 11.3. The van der Waals surface area contributed by atoms with Gasteiger partial charge in [0.25, 0.3) is 5.91 Å². The van der Waals surface area contributed by atoms with E-state index in [-0.39, 0.29) is 5.91 Å². The first-order chi connectivity index (χ1) is 17.4. The lowest BCUT2D eigenvalue weighted by Crippen LogP contribution is -2.17. The number of aryl methyl sites for hydroxylation is 1. The highest BCUT2D eigenvalue weighted by Gasteiger charge is 2.13. The summed E-state index contributed by atoms with van der Waals surface area (Å²) in [6.07, 6.45) is 3.17. The zero-order valence-corrected chi connectivity index (χ0v) is 22.1. The van der Waals surface area contributed by atoms with E-state index in [1.807, 2.05) is 44.2 Å². The minimum Gasteiger partial charge on any atom is -0.493 e. The van der Waals surface area contributed by atoms with Crippen LogP contribution in [0.25, 0.3) is 0 Å². The maximum Gasteiger partial charge on any atom is 0.271 e. The van der Waals surface area contributed by atoms with Crippen LogP contribution in [0.15, 0.2) is 76.8 Å². The molecule has 8 heteroatoms. The number of methoxy groups -OCH3 is 1. The molecule has 0 saturated carbocycles. The Morgan fingerprint density at radius 1 is 1.03 bits per heavy atom. The molecule has 36 heavy (non-hydrogen) atoms. The number of carbonyl (C=O) groups excluding carboxylic acids is 1. The smallest absolute Gasteiger partial charge is 0.271 e. The van der Waals surface area contributed by atoms with Gasteiger partial charge in [0.2, 0.25) is 0 Å². The van der Waals surface area contributed by atoms with E-state index in [1.165, 1.54) is 11.8 Å². The Bertz CT molecular complexity index is 1230. The number of hydrogen-bond donors (Lipinski definition) is 1. The molecule has 0 aliphatic heterocycles. The number of benzene rings is 3. The first kappa shape index (κ1) is 26.8. The molecule has 0 fully saturated rings. The van der Waals surface area contributed by atoms with E-state index in [9.17, 15) is 4.79 Å². The monoisotopic (exact) mass is 552 g/mol. The van der Waals surface area contributed by atoms with E-state index in [0.29, 0.717) is 58.4 Å². The molecule has 3 aromatic carbocycles. The minimum absolute atomic E-state index is 0.338. The molecule has 0 aliphatic rings. The molecule has 0 saturated heterocycles. The van der Waals surface area contributed by atoms with Crippen molar-refractivity contribution in [3.8, 4) is 23.0 Å². The second kappa shape index (κ2) is 13.3. The van der Waals surface area contributed by atoms with Crippen molar-refractivity contribution in [1.29, 1.82) is 0 Å². The summed E-state index contributed by atoms with van der Waals surface area (Å²) in [4.78, 5) is 12.6. The van der Waals surface area contributed by atoms with Crippen LogP contribution in [-0.2, 0) is 6.61 Å². The molecule has 0 atom stereocenters. The first-order valence-corrected chi connectivity index (χ1v) is 12.1. The summed E-state index contributed by atoms with van der Waals surface area (Å²) < 4.78 is 23.4. The maximum absolute atomic E-state index is 12.6. The average Bonchev–Trinajstić information content (AvgIpc) is 2.88. The highest BCUT2D eigenvalue weighted by Crippen LogP contribution is 2.37. The summed E-state index contributed by atoms with van der Waals surface area (Å²) in [5.41, 5.74) is 5.88. The van der Waals surface area contributed by atoms with Crippen LogP contribution in [0, 0.1) is 6.92 Å². The van der Waals surface area contributed by atoms with Crippen LogP contribution < -0.4 is 24.4 Å². The van der Waals surface area contributed by atoms with Crippen LogP contribution in [0.1, 0.15) is 34.0 Å². The normalized spacial score (nSPS) is 10.7. The Balaban J connectivity index is 1.68. The van der Waals surface area contributed by atoms with Gasteiger partial charge in [0.05, 0.1) is 24.4 Å². The fourth-order valence-electron chi connectivity index (χ4n) is 3.21. The Morgan fingerprint density at radius 2 is 1.81 bits per heavy atom. The molecule has 0 radical (unpaired) electrons. The van der Waals surface area contributed by atoms with Gasteiger partial charge in [-0.05, 0) is 71.2 Å². The third kappa shape index (κ3) is 7.36. The SMILES string of the molecule is C=CCOc1ccc(C(=O)N/N=C/c2cc(Br)c(OCc3ccc(C)cc3)c(OC)c2)cc1OCC. The molecule has 188 valence electrons. The molecule has 0 unspecified atom stereocenters. The van der Waals surface area contributed by atoms with Crippen LogP contribution in [0.5, 0.6) is 23.0 Å². The third-order valence-electron chi connectivity index (χ3n) is 5.00. The van der Waals surface area contributed by atoms with Crippen LogP contribution in [0.4, 0.5) is 0 Å². The largest absolute Gasteiger partial charge is 0.493 e. The number of hydrazone groups is 1. The fraction of sp³-hybridized carbons (Fsp3) is 0.214. The summed E-state index contributed by atoms with van der Waals surface area (Å²) in [6.45, 7) is 8.72. The van der Waals surface area contributed by atoms with Crippen molar-refractivity contribution in [2.45, 2.75) is 20.5 Å². The number of ether oxygens (including phenoxy) is 4. The second-order valence-electron chi connectivity index (χ2n) is 7.70. The van der Waals surface area contributed by atoms with Crippen molar-refractivity contribution in [3.63, 3.8) is 0 Å². The molecular formula is C28H29BrN2O5. The lowest BCUT2D eigenvalue weighted by atomic mass is 10.1. The minimum atomic E-state index is -0.383. The number of nitrogens with zero attached hydrogens (tertiary/aromatic N) is 1. The number of hydrogen-bond acceptors (Lipinski definition) is 6. The van der Waals surface area contributed by atoms with Crippen LogP contribution in [0.3, 0.4) is 0 Å². The molecule has 0 aromatic heterocycles. The molecule has 1 N–H and O–H groups in total. The summed E-state index contributed by atoms with van der Waals surface area (Å²) in [7, 11) is 1.57. The van der Waals surface area contributed by atoms with Crippen molar-refractivity contribution in [2.75, 3.05) is 20.3 Å². The van der Waals surface area contributed by atoms with E-state index in [1.54, 1.807) is 37.5 Å². The summed E-state index contributed by atoms with van der Waals surface area (Å²) in [6, 6.07) is 16.7. The standard InChI is InChI=1S/C28H29BrN2O5/c1-5-13-35-24-12-11-22(16-25(24)34-6-2)28(32)31-30-17-21-14-23(29)27(26(15-21)33-4)36-18-20-9-7-19(3)8-10-20/h5,7-12,14-17H,1,6,13,18H2,2-4H3,(H,31,32)/b30-17+. The average molecular weight is 553 g/mol. The summed E-state index contributed by atoms with van der Waals surface area (Å²) in [5, 5.41) is 4.09.